The monoisotopic (exact) mass is 334 g/mol. The van der Waals surface area contributed by atoms with Crippen molar-refractivity contribution < 1.29 is 0 Å². The molecule has 0 saturated carbocycles. The molecule has 2 fully saturated rings. The van der Waals surface area contributed by atoms with Gasteiger partial charge in [-0.3, -0.25) is 0 Å². The van der Waals surface area contributed by atoms with Crippen molar-refractivity contribution in [2.75, 3.05) is 17.3 Å². The molecule has 2 heterocycles. The molecule has 4 heteroatoms. The normalized spacial score (nSPS) is 35.0. The minimum absolute atomic E-state index is 1.02. The molecule has 2 unspecified atom stereocenters. The number of rotatable bonds is 4. The quantitative estimate of drug-likeness (QED) is 0.572. The number of hydrogen-bond donors (Lipinski definition) is 0. The number of hydrogen-bond acceptors (Lipinski definition) is 2. The van der Waals surface area contributed by atoms with Crippen LogP contribution in [0.25, 0.3) is 0 Å². The second kappa shape index (κ2) is 5.58. The van der Waals surface area contributed by atoms with E-state index in [9.17, 15) is 0 Å². The Morgan fingerprint density at radius 1 is 1.33 bits per heavy atom. The average Bonchev–Trinajstić information content (AvgIpc) is 2.90. The zero-order valence-corrected chi connectivity index (χ0v) is 12.1. The Hall–Kier alpha value is 1.74. The molecule has 0 aromatic carbocycles. The van der Waals surface area contributed by atoms with E-state index in [1.54, 1.807) is 16.0 Å². The topological polar surface area (TPSA) is 0 Å². The predicted molar refractivity (Wildman–Crippen MR) is 63.3 cm³/mol. The summed E-state index contributed by atoms with van der Waals surface area (Å²) in [6.45, 7) is 0. The average molecular weight is 332 g/mol. The van der Waals surface area contributed by atoms with Gasteiger partial charge in [0.25, 0.3) is 0 Å². The van der Waals surface area contributed by atoms with Crippen molar-refractivity contribution in [3.63, 3.8) is 0 Å². The van der Waals surface area contributed by atoms with Crippen LogP contribution in [0.4, 0.5) is 0 Å². The van der Waals surface area contributed by atoms with Crippen LogP contribution in [-0.2, 0) is 0 Å². The molecule has 0 nitrogen and oxygen atoms in total. The first-order chi connectivity index (χ1) is 5.95. The Morgan fingerprint density at radius 2 is 2.25 bits per heavy atom. The second-order valence-electron chi connectivity index (χ2n) is 3.06. The molecule has 0 aromatic heterocycles. The van der Waals surface area contributed by atoms with Crippen molar-refractivity contribution in [2.24, 2.45) is 0 Å². The summed E-state index contributed by atoms with van der Waals surface area (Å²) < 4.78 is 0. The van der Waals surface area contributed by atoms with Gasteiger partial charge in [-0.05, 0) is 0 Å². The maximum atomic E-state index is 2.24. The second-order valence-corrected chi connectivity index (χ2v) is 10.8. The van der Waals surface area contributed by atoms with Gasteiger partial charge in [-0.25, -0.2) is 0 Å². The van der Waals surface area contributed by atoms with Gasteiger partial charge in [0.15, 0.2) is 0 Å². The van der Waals surface area contributed by atoms with Gasteiger partial charge in [0.1, 0.15) is 0 Å². The zero-order valence-electron chi connectivity index (χ0n) is 7.03. The van der Waals surface area contributed by atoms with Gasteiger partial charge >= 0.3 is 96.7 Å². The summed E-state index contributed by atoms with van der Waals surface area (Å²) in [5, 5.41) is 5.84. The van der Waals surface area contributed by atoms with E-state index in [1.165, 1.54) is 22.1 Å². The summed E-state index contributed by atoms with van der Waals surface area (Å²) >= 11 is 6.42. The minimum atomic E-state index is 1.02. The van der Waals surface area contributed by atoms with Crippen LogP contribution < -0.4 is 0 Å². The summed E-state index contributed by atoms with van der Waals surface area (Å²) in [4.78, 5) is 1.17. The fraction of sp³-hybridized carbons (Fsp3) is 1.00. The Kier molecular flexibility index (Phi) is 4.77. The molecular formula is C8H14S2Se2. The first-order valence-corrected chi connectivity index (χ1v) is 11.2. The Balaban J connectivity index is 1.52. The summed E-state index contributed by atoms with van der Waals surface area (Å²) in [7, 11) is 0. The molecule has 2 aliphatic heterocycles. The molecule has 2 atom stereocenters. The first kappa shape index (κ1) is 10.3. The maximum absolute atomic E-state index is 2.24. The van der Waals surface area contributed by atoms with Crippen molar-refractivity contribution >= 4 is 53.4 Å². The first-order valence-electron chi connectivity index (χ1n) is 4.34. The molecule has 0 N–H and O–H groups in total. The molecule has 2 saturated heterocycles. The van der Waals surface area contributed by atoms with E-state index in [-0.39, 0.29) is 0 Å². The molecule has 0 aliphatic carbocycles. The van der Waals surface area contributed by atoms with Crippen LogP contribution in [0.15, 0.2) is 0 Å². The Bertz CT molecular complexity index is 133. The number of thioether (sulfide) groups is 2. The summed E-state index contributed by atoms with van der Waals surface area (Å²) in [5.74, 6) is 4.40. The zero-order chi connectivity index (χ0) is 8.23. The van der Waals surface area contributed by atoms with Crippen molar-refractivity contribution in [2.45, 2.75) is 26.0 Å². The molecule has 0 radical (unpaired) electrons. The van der Waals surface area contributed by atoms with Crippen LogP contribution in [0.1, 0.15) is 0 Å². The molecule has 2 aliphatic rings. The standard InChI is InChI=1S/C8H14S2Se2/c1-2-12-8(6-11-1)5-9-3-7-4-10-7/h7-8H,1-6H2. The molecule has 0 aromatic rings. The van der Waals surface area contributed by atoms with E-state index in [0.717, 1.165) is 35.2 Å². The third-order valence-corrected chi connectivity index (χ3v) is 12.2. The molecule has 2 rings (SSSR count). The van der Waals surface area contributed by atoms with Crippen molar-refractivity contribution in [1.82, 2.24) is 0 Å². The van der Waals surface area contributed by atoms with E-state index in [0.29, 0.717) is 0 Å². The molecule has 70 valence electrons. The van der Waals surface area contributed by atoms with Gasteiger partial charge in [-0.1, -0.05) is 0 Å². The van der Waals surface area contributed by atoms with Crippen LogP contribution >= 0.6 is 23.5 Å². The van der Waals surface area contributed by atoms with Crippen LogP contribution in [0, 0.1) is 0 Å². The van der Waals surface area contributed by atoms with E-state index in [1.807, 2.05) is 0 Å². The van der Waals surface area contributed by atoms with Gasteiger partial charge in [0.05, 0.1) is 0 Å². The van der Waals surface area contributed by atoms with Crippen LogP contribution in [0.5, 0.6) is 0 Å². The van der Waals surface area contributed by atoms with Crippen LogP contribution in [0.2, 0.25) is 20.8 Å². The molecule has 12 heavy (non-hydrogen) atoms. The van der Waals surface area contributed by atoms with Gasteiger partial charge in [0.2, 0.25) is 0 Å². The van der Waals surface area contributed by atoms with Gasteiger partial charge in [0, 0.05) is 0 Å². The van der Waals surface area contributed by atoms with Crippen LogP contribution in [0.3, 0.4) is 0 Å². The molecule has 0 bridgehead atoms. The summed E-state index contributed by atoms with van der Waals surface area (Å²) in [5.41, 5.74) is 0. The van der Waals surface area contributed by atoms with Crippen molar-refractivity contribution in [1.29, 1.82) is 0 Å². The van der Waals surface area contributed by atoms with Gasteiger partial charge in [-0.2, -0.15) is 0 Å². The molecular weight excluding hydrogens is 318 g/mol. The predicted octanol–water partition coefficient (Wildman–Crippen LogP) is 2.30. The van der Waals surface area contributed by atoms with Gasteiger partial charge < -0.3 is 0 Å². The third-order valence-electron chi connectivity index (χ3n) is 1.89. The molecule has 0 amide bonds. The van der Waals surface area contributed by atoms with E-state index >= 15 is 0 Å². The third kappa shape index (κ3) is 3.86. The van der Waals surface area contributed by atoms with E-state index < -0.39 is 0 Å². The van der Waals surface area contributed by atoms with E-state index in [2.05, 4.69) is 23.5 Å². The Morgan fingerprint density at radius 3 is 2.92 bits per heavy atom. The SMILES string of the molecule is C1C[Se]C(CSCC2CS2)C[Se]1. The van der Waals surface area contributed by atoms with Gasteiger partial charge in [-0.15, -0.1) is 0 Å². The van der Waals surface area contributed by atoms with Crippen molar-refractivity contribution in [3.8, 4) is 0 Å². The van der Waals surface area contributed by atoms with E-state index in [4.69, 9.17) is 0 Å². The summed E-state index contributed by atoms with van der Waals surface area (Å²) in [6, 6.07) is 0. The fourth-order valence-corrected chi connectivity index (χ4v) is 11.7. The van der Waals surface area contributed by atoms with Crippen molar-refractivity contribution in [3.05, 3.63) is 0 Å². The van der Waals surface area contributed by atoms with Crippen LogP contribution in [-0.4, -0.2) is 52.4 Å². The Labute approximate surface area is 96.1 Å². The summed E-state index contributed by atoms with van der Waals surface area (Å²) in [6.07, 6.45) is 0. The molecule has 0 spiro atoms. The fourth-order valence-electron chi connectivity index (χ4n) is 1.13.